The minimum absolute atomic E-state index is 0.499. The van der Waals surface area contributed by atoms with Crippen LogP contribution in [0.5, 0.6) is 0 Å². The third-order valence-corrected chi connectivity index (χ3v) is 10.6. The molecule has 12 rings (SSSR count). The highest BCUT2D eigenvalue weighted by Crippen LogP contribution is 2.35. The van der Waals surface area contributed by atoms with Crippen molar-refractivity contribution >= 4 is 55.7 Å². The lowest BCUT2D eigenvalue weighted by Gasteiger charge is -2.10. The zero-order chi connectivity index (χ0) is 36.7. The second-order valence-electron chi connectivity index (χ2n) is 13.9. The van der Waals surface area contributed by atoms with Crippen LogP contribution in [0.4, 0.5) is 0 Å². The van der Waals surface area contributed by atoms with E-state index in [0.29, 0.717) is 17.6 Å². The van der Waals surface area contributed by atoms with Gasteiger partial charge in [-0.15, -0.1) is 0 Å². The first kappa shape index (κ1) is 30.5. The molecule has 0 spiro atoms. The molecule has 5 aromatic heterocycles. The Kier molecular flexibility index (Phi) is 6.43. The molecule has 0 amide bonds. The molecule has 7 aromatic carbocycles. The van der Waals surface area contributed by atoms with Gasteiger partial charge in [0, 0.05) is 16.8 Å². The maximum absolute atomic E-state index is 5.17. The normalized spacial score (nSPS) is 11.9. The predicted molar refractivity (Wildman–Crippen MR) is 222 cm³/mol. The van der Waals surface area contributed by atoms with Crippen molar-refractivity contribution in [3.05, 3.63) is 176 Å². The van der Waals surface area contributed by atoms with E-state index in [4.69, 9.17) is 24.9 Å². The fourth-order valence-electron chi connectivity index (χ4n) is 8.09. The smallest absolute Gasteiger partial charge is 0.241 e. The number of nitrogens with zero attached hydrogens (tertiary/aromatic N) is 9. The molecule has 0 atom stereocenters. The van der Waals surface area contributed by atoms with E-state index >= 15 is 0 Å². The van der Waals surface area contributed by atoms with E-state index in [0.717, 1.165) is 83.6 Å². The first-order chi connectivity index (χ1) is 27.8. The van der Waals surface area contributed by atoms with Gasteiger partial charge in [0.1, 0.15) is 0 Å². The van der Waals surface area contributed by atoms with Crippen molar-refractivity contribution in [1.82, 2.24) is 42.9 Å². The lowest BCUT2D eigenvalue weighted by Crippen LogP contribution is -2.07. The highest BCUT2D eigenvalue weighted by molar-refractivity contribution is 5.97. The van der Waals surface area contributed by atoms with Gasteiger partial charge in [0.2, 0.25) is 17.5 Å². The second kappa shape index (κ2) is 11.8. The van der Waals surface area contributed by atoms with Gasteiger partial charge in [-0.3, -0.25) is 13.4 Å². The average molecular weight is 720 g/mol. The van der Waals surface area contributed by atoms with Gasteiger partial charge in [0.15, 0.2) is 11.6 Å². The van der Waals surface area contributed by atoms with Crippen LogP contribution in [0.3, 0.4) is 0 Å². The fourth-order valence-corrected chi connectivity index (χ4v) is 8.09. The van der Waals surface area contributed by atoms with E-state index in [1.54, 1.807) is 0 Å². The van der Waals surface area contributed by atoms with Crippen LogP contribution in [0.15, 0.2) is 176 Å². The highest BCUT2D eigenvalue weighted by atomic mass is 15.3. The average Bonchev–Trinajstić information content (AvgIpc) is 4.00. The predicted octanol–water partition coefficient (Wildman–Crippen LogP) is 10.4. The molecular formula is C47H29N9. The molecule has 56 heavy (non-hydrogen) atoms. The summed E-state index contributed by atoms with van der Waals surface area (Å²) in [5, 5.41) is 0. The Bertz CT molecular complexity index is 3410. The Labute approximate surface area is 319 Å². The van der Waals surface area contributed by atoms with Crippen LogP contribution < -0.4 is 0 Å². The molecule has 262 valence electrons. The molecule has 0 aliphatic rings. The number of hydrogen-bond donors (Lipinski definition) is 0. The first-order valence-corrected chi connectivity index (χ1v) is 18.5. The van der Waals surface area contributed by atoms with Crippen molar-refractivity contribution in [3.63, 3.8) is 0 Å². The van der Waals surface area contributed by atoms with Crippen molar-refractivity contribution < 1.29 is 0 Å². The van der Waals surface area contributed by atoms with Gasteiger partial charge >= 0.3 is 0 Å². The van der Waals surface area contributed by atoms with Gasteiger partial charge in [-0.25, -0.2) is 19.5 Å². The van der Waals surface area contributed by atoms with E-state index in [1.165, 1.54) is 0 Å². The Morgan fingerprint density at radius 2 is 0.804 bits per heavy atom. The summed E-state index contributed by atoms with van der Waals surface area (Å²) in [6.45, 7) is 0. The molecule has 0 N–H and O–H groups in total. The summed E-state index contributed by atoms with van der Waals surface area (Å²) in [6.07, 6.45) is 0. The molecule has 0 saturated heterocycles. The SMILES string of the molecule is c1ccc(-c2nc(-c3ccccc3)nc(-n3c4ccc(-c5ccc6nc7n(-c8ccccc8)c8ccccc8n7c6c5)cc4n4c5ccccc5nc34)n2)cc1. The van der Waals surface area contributed by atoms with Crippen molar-refractivity contribution in [3.8, 4) is 45.5 Å². The Morgan fingerprint density at radius 3 is 1.50 bits per heavy atom. The lowest BCUT2D eigenvalue weighted by atomic mass is 10.0. The largest absolute Gasteiger partial charge is 0.278 e. The van der Waals surface area contributed by atoms with E-state index in [2.05, 4.69) is 115 Å². The highest BCUT2D eigenvalue weighted by Gasteiger charge is 2.22. The molecule has 9 nitrogen and oxygen atoms in total. The molecule has 0 aliphatic heterocycles. The summed E-state index contributed by atoms with van der Waals surface area (Å²) in [6, 6.07) is 60.4. The molecule has 0 bridgehead atoms. The minimum Gasteiger partial charge on any atom is -0.278 e. The number of rotatable bonds is 5. The maximum atomic E-state index is 5.17. The summed E-state index contributed by atoms with van der Waals surface area (Å²) in [7, 11) is 0. The van der Waals surface area contributed by atoms with Gasteiger partial charge in [-0.1, -0.05) is 115 Å². The molecule has 12 aromatic rings. The minimum atomic E-state index is 0.499. The number of imidazole rings is 4. The van der Waals surface area contributed by atoms with Gasteiger partial charge in [-0.2, -0.15) is 9.97 Å². The van der Waals surface area contributed by atoms with Crippen molar-refractivity contribution in [2.24, 2.45) is 0 Å². The lowest BCUT2D eigenvalue weighted by molar-refractivity contribution is 0.937. The van der Waals surface area contributed by atoms with Crippen LogP contribution in [-0.2, 0) is 0 Å². The molecular weight excluding hydrogens is 691 g/mol. The summed E-state index contributed by atoms with van der Waals surface area (Å²) >= 11 is 0. The first-order valence-electron chi connectivity index (χ1n) is 18.5. The third-order valence-electron chi connectivity index (χ3n) is 10.6. The van der Waals surface area contributed by atoms with Crippen LogP contribution >= 0.6 is 0 Å². The van der Waals surface area contributed by atoms with Gasteiger partial charge in [-0.05, 0) is 71.8 Å². The van der Waals surface area contributed by atoms with Gasteiger partial charge in [0.25, 0.3) is 0 Å². The number of benzene rings is 7. The Balaban J connectivity index is 1.09. The molecule has 0 radical (unpaired) electrons. The monoisotopic (exact) mass is 719 g/mol. The van der Waals surface area contributed by atoms with Gasteiger partial charge in [0.05, 0.1) is 44.1 Å². The number of fused-ring (bicyclic) bond motifs is 10. The second-order valence-corrected chi connectivity index (χ2v) is 13.9. The van der Waals surface area contributed by atoms with Crippen LogP contribution in [0.2, 0.25) is 0 Å². The van der Waals surface area contributed by atoms with Crippen molar-refractivity contribution in [1.29, 1.82) is 0 Å². The number of aromatic nitrogens is 9. The number of hydrogen-bond acceptors (Lipinski definition) is 5. The maximum Gasteiger partial charge on any atom is 0.241 e. The van der Waals surface area contributed by atoms with Crippen LogP contribution in [0.1, 0.15) is 0 Å². The fraction of sp³-hybridized carbons (Fsp3) is 0. The summed E-state index contributed by atoms with van der Waals surface area (Å²) in [4.78, 5) is 25.5. The van der Waals surface area contributed by atoms with E-state index in [9.17, 15) is 0 Å². The van der Waals surface area contributed by atoms with Crippen LogP contribution in [-0.4, -0.2) is 42.9 Å². The van der Waals surface area contributed by atoms with Crippen LogP contribution in [0.25, 0.3) is 101 Å². The molecule has 0 unspecified atom stereocenters. The molecule has 9 heteroatoms. The Hall–Kier alpha value is -7.91. The molecule has 5 heterocycles. The molecule has 0 saturated carbocycles. The zero-order valence-electron chi connectivity index (χ0n) is 29.8. The standard InChI is InChI=1S/C47H29N9/c1-4-14-30(15-5-1)43-50-44(31-16-6-2-7-17-31)52-45(51-43)56-40-27-25-33(29-42(40)54-37-21-11-10-20-35(37)48-47(54)56)32-24-26-36-41(28-32)55-39-23-13-12-22-38(39)53(46(55)49-36)34-18-8-3-9-19-34/h1-29H. The number of para-hydroxylation sites is 5. The topological polar surface area (TPSA) is 83.1 Å². The Morgan fingerprint density at radius 1 is 0.304 bits per heavy atom. The van der Waals surface area contributed by atoms with Gasteiger partial charge < -0.3 is 0 Å². The molecule has 0 fully saturated rings. The summed E-state index contributed by atoms with van der Waals surface area (Å²) in [5.41, 5.74) is 13.1. The zero-order valence-corrected chi connectivity index (χ0v) is 29.8. The summed E-state index contributed by atoms with van der Waals surface area (Å²) in [5.74, 6) is 3.29. The quantitative estimate of drug-likeness (QED) is 0.177. The van der Waals surface area contributed by atoms with Crippen molar-refractivity contribution in [2.45, 2.75) is 0 Å². The molecule has 0 aliphatic carbocycles. The van der Waals surface area contributed by atoms with E-state index in [-0.39, 0.29) is 0 Å². The van der Waals surface area contributed by atoms with E-state index < -0.39 is 0 Å². The van der Waals surface area contributed by atoms with E-state index in [1.807, 2.05) is 78.9 Å². The summed E-state index contributed by atoms with van der Waals surface area (Å²) < 4.78 is 8.78. The third kappa shape index (κ3) is 4.51. The van der Waals surface area contributed by atoms with Crippen molar-refractivity contribution in [2.75, 3.05) is 0 Å². The van der Waals surface area contributed by atoms with Crippen LogP contribution in [0, 0.1) is 0 Å².